The highest BCUT2D eigenvalue weighted by Crippen LogP contribution is 2.41. The van der Waals surface area contributed by atoms with Crippen molar-refractivity contribution in [3.63, 3.8) is 0 Å². The first-order valence-corrected chi connectivity index (χ1v) is 8.31. The molecule has 1 aliphatic heterocycles. The summed E-state index contributed by atoms with van der Waals surface area (Å²) in [5.41, 5.74) is 5.31. The van der Waals surface area contributed by atoms with Crippen LogP contribution < -0.4 is 11.1 Å². The summed E-state index contributed by atoms with van der Waals surface area (Å²) in [6.45, 7) is 7.10. The molecule has 2 atom stereocenters. The summed E-state index contributed by atoms with van der Waals surface area (Å²) >= 11 is 0. The van der Waals surface area contributed by atoms with Crippen LogP contribution in [0.15, 0.2) is 0 Å². The molecule has 0 bridgehead atoms. The van der Waals surface area contributed by atoms with Crippen molar-refractivity contribution in [2.75, 3.05) is 33.7 Å². The highest BCUT2D eigenvalue weighted by molar-refractivity contribution is 5.86. The Kier molecular flexibility index (Phi) is 5.28. The number of nitrogens with one attached hydrogen (secondary N) is 1. The van der Waals surface area contributed by atoms with Crippen LogP contribution in [0.1, 0.15) is 39.5 Å². The zero-order valence-electron chi connectivity index (χ0n) is 14.1. The Morgan fingerprint density at radius 3 is 2.52 bits per heavy atom. The SMILES string of the molecule is CC(C)NC(CN1CCCC1CN(C)C)(C(N)=O)C1CC1. The molecule has 1 amide bonds. The van der Waals surface area contributed by atoms with E-state index in [9.17, 15) is 4.79 Å². The Hall–Kier alpha value is -0.650. The van der Waals surface area contributed by atoms with Crippen molar-refractivity contribution in [1.82, 2.24) is 15.1 Å². The third kappa shape index (κ3) is 3.96. The molecule has 2 unspecified atom stereocenters. The molecule has 2 rings (SSSR count). The van der Waals surface area contributed by atoms with Crippen molar-refractivity contribution >= 4 is 5.91 Å². The Morgan fingerprint density at radius 2 is 2.05 bits per heavy atom. The smallest absolute Gasteiger partial charge is 0.239 e. The minimum absolute atomic E-state index is 0.172. The second-order valence-corrected chi connectivity index (χ2v) is 7.44. The summed E-state index contributed by atoms with van der Waals surface area (Å²) in [6, 6.07) is 0.819. The van der Waals surface area contributed by atoms with Gasteiger partial charge in [-0.3, -0.25) is 15.0 Å². The van der Waals surface area contributed by atoms with E-state index in [0.29, 0.717) is 12.0 Å². The third-order valence-corrected chi connectivity index (χ3v) is 4.79. The first-order valence-electron chi connectivity index (χ1n) is 8.31. The maximum atomic E-state index is 12.3. The van der Waals surface area contributed by atoms with Crippen molar-refractivity contribution in [3.8, 4) is 0 Å². The van der Waals surface area contributed by atoms with Gasteiger partial charge in [-0.25, -0.2) is 0 Å². The van der Waals surface area contributed by atoms with Crippen LogP contribution in [0.4, 0.5) is 0 Å². The van der Waals surface area contributed by atoms with E-state index in [4.69, 9.17) is 5.73 Å². The fraction of sp³-hybridized carbons (Fsp3) is 0.938. The molecular formula is C16H32N4O. The first kappa shape index (κ1) is 16.7. The molecule has 0 aromatic rings. The quantitative estimate of drug-likeness (QED) is 0.690. The van der Waals surface area contributed by atoms with Crippen molar-refractivity contribution in [1.29, 1.82) is 0 Å². The minimum atomic E-state index is -0.539. The number of carbonyl (C=O) groups excluding carboxylic acids is 1. The lowest BCUT2D eigenvalue weighted by Crippen LogP contribution is -2.65. The molecule has 3 N–H and O–H groups in total. The number of primary amides is 1. The molecular weight excluding hydrogens is 264 g/mol. The summed E-state index contributed by atoms with van der Waals surface area (Å²) < 4.78 is 0. The highest BCUT2D eigenvalue weighted by atomic mass is 16.1. The van der Waals surface area contributed by atoms with E-state index < -0.39 is 5.54 Å². The number of hydrogen-bond acceptors (Lipinski definition) is 4. The summed E-state index contributed by atoms with van der Waals surface area (Å²) in [6.07, 6.45) is 4.68. The van der Waals surface area contributed by atoms with Crippen LogP contribution in [0, 0.1) is 5.92 Å². The molecule has 2 fully saturated rings. The third-order valence-electron chi connectivity index (χ3n) is 4.79. The summed E-state index contributed by atoms with van der Waals surface area (Å²) in [7, 11) is 4.23. The molecule has 1 aliphatic carbocycles. The molecule has 5 nitrogen and oxygen atoms in total. The second kappa shape index (κ2) is 6.63. The maximum Gasteiger partial charge on any atom is 0.239 e. The molecule has 0 aromatic carbocycles. The van der Waals surface area contributed by atoms with E-state index >= 15 is 0 Å². The van der Waals surface area contributed by atoms with Gasteiger partial charge >= 0.3 is 0 Å². The van der Waals surface area contributed by atoms with E-state index in [1.807, 2.05) is 0 Å². The number of nitrogens with zero attached hydrogens (tertiary/aromatic N) is 2. The molecule has 1 heterocycles. The van der Waals surface area contributed by atoms with Crippen molar-refractivity contribution < 1.29 is 4.79 Å². The number of likely N-dealkylation sites (N-methyl/N-ethyl adjacent to an activating group) is 1. The fourth-order valence-electron chi connectivity index (χ4n) is 3.79. The van der Waals surface area contributed by atoms with Gasteiger partial charge in [0.15, 0.2) is 0 Å². The van der Waals surface area contributed by atoms with Gasteiger partial charge in [0.05, 0.1) is 0 Å². The van der Waals surface area contributed by atoms with Gasteiger partial charge in [-0.1, -0.05) is 0 Å². The lowest BCUT2D eigenvalue weighted by atomic mass is 9.90. The van der Waals surface area contributed by atoms with Crippen LogP contribution in [-0.4, -0.2) is 67.1 Å². The van der Waals surface area contributed by atoms with Gasteiger partial charge in [0.2, 0.25) is 5.91 Å². The summed E-state index contributed by atoms with van der Waals surface area (Å²) in [5.74, 6) is 0.243. The average Bonchev–Trinajstić information content (AvgIpc) is 3.12. The Labute approximate surface area is 129 Å². The standard InChI is InChI=1S/C16H32N4O/c1-12(2)18-16(15(17)21,13-7-8-13)11-20-9-5-6-14(20)10-19(3)4/h12-14,18H,5-11H2,1-4H3,(H2,17,21). The zero-order chi connectivity index (χ0) is 15.6. The number of rotatable bonds is 8. The van der Waals surface area contributed by atoms with Crippen LogP contribution in [0.2, 0.25) is 0 Å². The number of hydrogen-bond donors (Lipinski definition) is 2. The lowest BCUT2D eigenvalue weighted by Gasteiger charge is -2.39. The molecule has 122 valence electrons. The zero-order valence-corrected chi connectivity index (χ0v) is 14.1. The molecule has 5 heteroatoms. The number of amides is 1. The van der Waals surface area contributed by atoms with Crippen molar-refractivity contribution in [3.05, 3.63) is 0 Å². The highest BCUT2D eigenvalue weighted by Gasteiger charge is 2.51. The predicted octanol–water partition coefficient (Wildman–Crippen LogP) is 0.645. The molecule has 0 aromatic heterocycles. The average molecular weight is 296 g/mol. The van der Waals surface area contributed by atoms with Crippen LogP contribution in [0.25, 0.3) is 0 Å². The molecule has 0 radical (unpaired) electrons. The van der Waals surface area contributed by atoms with Gasteiger partial charge in [0, 0.05) is 25.2 Å². The molecule has 21 heavy (non-hydrogen) atoms. The van der Waals surface area contributed by atoms with Gasteiger partial charge in [-0.05, 0) is 66.1 Å². The Bertz CT molecular complexity index is 367. The normalized spacial score (nSPS) is 26.5. The van der Waals surface area contributed by atoms with E-state index in [1.54, 1.807) is 0 Å². The van der Waals surface area contributed by atoms with Crippen LogP contribution >= 0.6 is 0 Å². The molecule has 0 spiro atoms. The summed E-state index contributed by atoms with van der Waals surface area (Å²) in [4.78, 5) is 17.0. The minimum Gasteiger partial charge on any atom is -0.368 e. The predicted molar refractivity (Wildman–Crippen MR) is 86.1 cm³/mol. The van der Waals surface area contributed by atoms with Gasteiger partial charge in [-0.15, -0.1) is 0 Å². The van der Waals surface area contributed by atoms with E-state index in [2.05, 4.69) is 43.1 Å². The number of likely N-dealkylation sites (tertiary alicyclic amines) is 1. The van der Waals surface area contributed by atoms with Crippen molar-refractivity contribution in [2.45, 2.75) is 57.2 Å². The van der Waals surface area contributed by atoms with Gasteiger partial charge in [0.1, 0.15) is 5.54 Å². The van der Waals surface area contributed by atoms with Crippen LogP contribution in [0.5, 0.6) is 0 Å². The van der Waals surface area contributed by atoms with E-state index in [-0.39, 0.29) is 11.9 Å². The fourth-order valence-corrected chi connectivity index (χ4v) is 3.79. The monoisotopic (exact) mass is 296 g/mol. The maximum absolute atomic E-state index is 12.3. The molecule has 2 aliphatic rings. The van der Waals surface area contributed by atoms with Crippen LogP contribution in [0.3, 0.4) is 0 Å². The summed E-state index contributed by atoms with van der Waals surface area (Å²) in [5, 5.41) is 3.53. The number of nitrogens with two attached hydrogens (primary N) is 1. The van der Waals surface area contributed by atoms with Gasteiger partial charge in [-0.2, -0.15) is 0 Å². The largest absolute Gasteiger partial charge is 0.368 e. The lowest BCUT2D eigenvalue weighted by molar-refractivity contribution is -0.126. The van der Waals surface area contributed by atoms with Crippen LogP contribution in [-0.2, 0) is 4.79 Å². The second-order valence-electron chi connectivity index (χ2n) is 7.44. The number of carbonyl (C=O) groups is 1. The van der Waals surface area contributed by atoms with Crippen molar-refractivity contribution in [2.24, 2.45) is 11.7 Å². The molecule has 1 saturated heterocycles. The Morgan fingerprint density at radius 1 is 1.38 bits per heavy atom. The van der Waals surface area contributed by atoms with E-state index in [0.717, 1.165) is 32.5 Å². The van der Waals surface area contributed by atoms with Gasteiger partial charge in [0.25, 0.3) is 0 Å². The Balaban J connectivity index is 2.12. The van der Waals surface area contributed by atoms with E-state index in [1.165, 1.54) is 12.8 Å². The van der Waals surface area contributed by atoms with Gasteiger partial charge < -0.3 is 10.6 Å². The topological polar surface area (TPSA) is 61.6 Å². The molecule has 1 saturated carbocycles. The first-order chi connectivity index (χ1) is 9.85.